The Balaban J connectivity index is 1.80. The van der Waals surface area contributed by atoms with Crippen molar-refractivity contribution in [2.24, 2.45) is 5.14 Å². The first kappa shape index (κ1) is 19.6. The lowest BCUT2D eigenvalue weighted by molar-refractivity contribution is -0.116. The Bertz CT molecular complexity index is 893. The number of hydrogen-bond acceptors (Lipinski definition) is 4. The summed E-state index contributed by atoms with van der Waals surface area (Å²) in [6.07, 6.45) is 0.122. The van der Waals surface area contributed by atoms with Gasteiger partial charge in [-0.1, -0.05) is 30.3 Å². The van der Waals surface area contributed by atoms with Crippen molar-refractivity contribution in [3.63, 3.8) is 0 Å². The van der Waals surface area contributed by atoms with Gasteiger partial charge in [0.15, 0.2) is 0 Å². The second-order valence-corrected chi connectivity index (χ2v) is 7.49. The van der Waals surface area contributed by atoms with Crippen LogP contribution in [0.2, 0.25) is 0 Å². The van der Waals surface area contributed by atoms with E-state index in [1.54, 1.807) is 36.4 Å². The van der Waals surface area contributed by atoms with Crippen LogP contribution < -0.4 is 15.8 Å². The first-order valence-electron chi connectivity index (χ1n) is 7.98. The summed E-state index contributed by atoms with van der Waals surface area (Å²) in [6, 6.07) is 13.6. The van der Waals surface area contributed by atoms with Crippen molar-refractivity contribution in [3.05, 3.63) is 65.2 Å². The minimum Gasteiger partial charge on any atom is -0.352 e. The van der Waals surface area contributed by atoms with Crippen molar-refractivity contribution in [2.45, 2.75) is 19.1 Å². The fraction of sp³-hybridized carbons (Fsp3) is 0.222. The lowest BCUT2D eigenvalue weighted by Gasteiger charge is -2.09. The van der Waals surface area contributed by atoms with Gasteiger partial charge >= 0.3 is 0 Å². The number of rotatable bonds is 7. The minimum atomic E-state index is -3.59. The highest BCUT2D eigenvalue weighted by Gasteiger charge is 2.09. The van der Waals surface area contributed by atoms with Gasteiger partial charge in [-0.15, -0.1) is 0 Å². The number of carbonyl (C=O) groups excluding carboxylic acids is 2. The molecule has 0 bridgehead atoms. The average Bonchev–Trinajstić information content (AvgIpc) is 2.55. The number of carbonyl (C=O) groups is 2. The highest BCUT2D eigenvalue weighted by Crippen LogP contribution is 2.11. The monoisotopic (exact) mass is 375 g/mol. The van der Waals surface area contributed by atoms with Gasteiger partial charge in [0.05, 0.1) is 5.75 Å². The van der Waals surface area contributed by atoms with Crippen molar-refractivity contribution in [1.29, 1.82) is 0 Å². The minimum absolute atomic E-state index is 0.122. The Labute approximate surface area is 152 Å². The molecule has 0 atom stereocenters. The number of aryl methyl sites for hydroxylation is 1. The van der Waals surface area contributed by atoms with E-state index in [0.717, 1.165) is 5.56 Å². The Morgan fingerprint density at radius 2 is 1.69 bits per heavy atom. The van der Waals surface area contributed by atoms with Gasteiger partial charge in [-0.2, -0.15) is 0 Å². The number of nitrogens with two attached hydrogens (primary N) is 1. The summed E-state index contributed by atoms with van der Waals surface area (Å²) in [5.74, 6) is -0.732. The summed E-state index contributed by atoms with van der Waals surface area (Å²) < 4.78 is 22.1. The van der Waals surface area contributed by atoms with Crippen LogP contribution in [0, 0.1) is 6.92 Å². The van der Waals surface area contributed by atoms with E-state index in [1.165, 1.54) is 0 Å². The largest absolute Gasteiger partial charge is 0.352 e. The van der Waals surface area contributed by atoms with Gasteiger partial charge in [-0.05, 0) is 36.2 Å². The topological polar surface area (TPSA) is 118 Å². The maximum Gasteiger partial charge on any atom is 0.251 e. The number of benzene rings is 2. The third-order valence-corrected chi connectivity index (χ3v) is 4.37. The molecule has 8 heteroatoms. The van der Waals surface area contributed by atoms with E-state index >= 15 is 0 Å². The Kier molecular flexibility index (Phi) is 6.48. The van der Waals surface area contributed by atoms with E-state index < -0.39 is 10.0 Å². The van der Waals surface area contributed by atoms with Crippen LogP contribution in [-0.2, 0) is 20.6 Å². The maximum absolute atomic E-state index is 12.1. The molecule has 0 aromatic heterocycles. The molecule has 2 aromatic rings. The molecular weight excluding hydrogens is 354 g/mol. The molecule has 0 radical (unpaired) electrons. The molecule has 2 amide bonds. The van der Waals surface area contributed by atoms with E-state index in [9.17, 15) is 18.0 Å². The number of sulfonamides is 1. The summed E-state index contributed by atoms with van der Waals surface area (Å²) in [7, 11) is -3.59. The van der Waals surface area contributed by atoms with Crippen molar-refractivity contribution >= 4 is 27.5 Å². The van der Waals surface area contributed by atoms with Gasteiger partial charge in [0.1, 0.15) is 0 Å². The molecule has 0 fully saturated rings. The van der Waals surface area contributed by atoms with Crippen LogP contribution in [0.1, 0.15) is 27.9 Å². The predicted octanol–water partition coefficient (Wildman–Crippen LogP) is 1.54. The van der Waals surface area contributed by atoms with E-state index in [0.29, 0.717) is 16.8 Å². The van der Waals surface area contributed by atoms with Crippen LogP contribution >= 0.6 is 0 Å². The van der Waals surface area contributed by atoms with Crippen LogP contribution in [0.3, 0.4) is 0 Å². The molecule has 0 unspecified atom stereocenters. The summed E-state index contributed by atoms with van der Waals surface area (Å²) in [5.41, 5.74) is 2.53. The molecule has 138 valence electrons. The summed E-state index contributed by atoms with van der Waals surface area (Å²) in [5, 5.41) is 10.4. The van der Waals surface area contributed by atoms with Gasteiger partial charge in [0.25, 0.3) is 5.91 Å². The SMILES string of the molecule is Cc1ccccc1C(=O)NCCC(=O)Nc1ccc(CS(N)(=O)=O)cc1. The van der Waals surface area contributed by atoms with Crippen molar-refractivity contribution in [3.8, 4) is 0 Å². The van der Waals surface area contributed by atoms with Crippen LogP contribution in [-0.4, -0.2) is 26.8 Å². The van der Waals surface area contributed by atoms with E-state index in [-0.39, 0.29) is 30.5 Å². The molecule has 2 rings (SSSR count). The zero-order valence-electron chi connectivity index (χ0n) is 14.4. The molecule has 0 aliphatic carbocycles. The molecule has 0 aliphatic heterocycles. The van der Waals surface area contributed by atoms with Crippen LogP contribution in [0.15, 0.2) is 48.5 Å². The lowest BCUT2D eigenvalue weighted by atomic mass is 10.1. The van der Waals surface area contributed by atoms with E-state index in [4.69, 9.17) is 5.14 Å². The van der Waals surface area contributed by atoms with Crippen molar-refractivity contribution in [1.82, 2.24) is 5.32 Å². The summed E-state index contributed by atoms with van der Waals surface area (Å²) >= 11 is 0. The normalized spacial score (nSPS) is 11.0. The fourth-order valence-corrected chi connectivity index (χ4v) is 3.01. The van der Waals surface area contributed by atoms with Gasteiger partial charge < -0.3 is 10.6 Å². The molecule has 7 nitrogen and oxygen atoms in total. The number of anilines is 1. The fourth-order valence-electron chi connectivity index (χ4n) is 2.35. The Hall–Kier alpha value is -2.71. The lowest BCUT2D eigenvalue weighted by Crippen LogP contribution is -2.28. The molecule has 2 aromatic carbocycles. The highest BCUT2D eigenvalue weighted by molar-refractivity contribution is 7.88. The predicted molar refractivity (Wildman–Crippen MR) is 100 cm³/mol. The van der Waals surface area contributed by atoms with E-state index in [1.807, 2.05) is 19.1 Å². The standard InChI is InChI=1S/C18H21N3O4S/c1-13-4-2-3-5-16(13)18(23)20-11-10-17(22)21-15-8-6-14(7-9-15)12-26(19,24)25/h2-9H,10-12H2,1H3,(H,20,23)(H,21,22)(H2,19,24,25). The van der Waals surface area contributed by atoms with E-state index in [2.05, 4.69) is 10.6 Å². The number of nitrogens with one attached hydrogen (secondary N) is 2. The number of hydrogen-bond donors (Lipinski definition) is 3. The maximum atomic E-state index is 12.1. The third-order valence-electron chi connectivity index (χ3n) is 3.63. The van der Waals surface area contributed by atoms with Crippen LogP contribution in [0.5, 0.6) is 0 Å². The van der Waals surface area contributed by atoms with Gasteiger partial charge in [0.2, 0.25) is 15.9 Å². The highest BCUT2D eigenvalue weighted by atomic mass is 32.2. The van der Waals surface area contributed by atoms with Gasteiger partial charge in [-0.3, -0.25) is 9.59 Å². The van der Waals surface area contributed by atoms with Crippen LogP contribution in [0.4, 0.5) is 5.69 Å². The molecule has 26 heavy (non-hydrogen) atoms. The number of primary sulfonamides is 1. The summed E-state index contributed by atoms with van der Waals surface area (Å²) in [4.78, 5) is 24.0. The quantitative estimate of drug-likeness (QED) is 0.680. The van der Waals surface area contributed by atoms with Crippen LogP contribution in [0.25, 0.3) is 0 Å². The second kappa shape index (κ2) is 8.59. The Morgan fingerprint density at radius 1 is 1.04 bits per heavy atom. The first-order chi connectivity index (χ1) is 12.2. The number of amides is 2. The zero-order chi connectivity index (χ0) is 19.2. The first-order valence-corrected chi connectivity index (χ1v) is 9.69. The molecular formula is C18H21N3O4S. The molecule has 0 heterocycles. The zero-order valence-corrected chi connectivity index (χ0v) is 15.2. The molecule has 0 saturated carbocycles. The van der Waals surface area contributed by atoms with Crippen molar-refractivity contribution < 1.29 is 18.0 Å². The van der Waals surface area contributed by atoms with Gasteiger partial charge in [-0.25, -0.2) is 13.6 Å². The molecule has 0 spiro atoms. The Morgan fingerprint density at radius 3 is 2.31 bits per heavy atom. The van der Waals surface area contributed by atoms with Gasteiger partial charge in [0, 0.05) is 24.2 Å². The summed E-state index contributed by atoms with van der Waals surface area (Å²) in [6.45, 7) is 2.06. The molecule has 4 N–H and O–H groups in total. The second-order valence-electron chi connectivity index (χ2n) is 5.87. The smallest absolute Gasteiger partial charge is 0.251 e. The average molecular weight is 375 g/mol. The molecule has 0 aliphatic rings. The van der Waals surface area contributed by atoms with Crippen molar-refractivity contribution in [2.75, 3.05) is 11.9 Å². The molecule has 0 saturated heterocycles. The third kappa shape index (κ3) is 6.30.